The molecule has 1 N–H and O–H groups in total. The minimum atomic E-state index is -0.511. The van der Waals surface area contributed by atoms with Gasteiger partial charge in [-0.2, -0.15) is 10.5 Å². The van der Waals surface area contributed by atoms with E-state index in [1.54, 1.807) is 42.5 Å². The first-order valence-electron chi connectivity index (χ1n) is 8.02. The number of rotatable bonds is 7. The number of carbonyl (C=O) groups is 1. The number of hydrogen-bond donors (Lipinski definition) is 1. The van der Waals surface area contributed by atoms with E-state index in [9.17, 15) is 10.1 Å². The normalized spacial score (nSPS) is 10.4. The summed E-state index contributed by atoms with van der Waals surface area (Å²) in [6.07, 6.45) is 1.47. The molecule has 2 aromatic carbocycles. The molecule has 0 aliphatic rings. The van der Waals surface area contributed by atoms with Gasteiger partial charge in [0.05, 0.1) is 11.1 Å². The van der Waals surface area contributed by atoms with Crippen molar-refractivity contribution in [3.63, 3.8) is 0 Å². The van der Waals surface area contributed by atoms with Crippen LogP contribution in [0.4, 0.5) is 5.69 Å². The van der Waals surface area contributed by atoms with Gasteiger partial charge in [0, 0.05) is 5.69 Å². The van der Waals surface area contributed by atoms with Crippen molar-refractivity contribution in [2.75, 3.05) is 18.5 Å². The van der Waals surface area contributed by atoms with Crippen LogP contribution in [-0.2, 0) is 4.79 Å². The molecular formula is C20H16BrN3O3. The van der Waals surface area contributed by atoms with Gasteiger partial charge in [0.1, 0.15) is 29.2 Å². The van der Waals surface area contributed by atoms with Crippen molar-refractivity contribution in [3.8, 4) is 23.6 Å². The molecule has 0 radical (unpaired) electrons. The summed E-state index contributed by atoms with van der Waals surface area (Å²) in [6, 6.07) is 15.7. The lowest BCUT2D eigenvalue weighted by molar-refractivity contribution is -0.112. The Balaban J connectivity index is 2.13. The first-order valence-corrected chi connectivity index (χ1v) is 8.82. The lowest BCUT2D eigenvalue weighted by Gasteiger charge is -2.07. The van der Waals surface area contributed by atoms with Crippen molar-refractivity contribution in [2.24, 2.45) is 0 Å². The number of anilines is 1. The van der Waals surface area contributed by atoms with Crippen LogP contribution in [0, 0.1) is 22.7 Å². The highest BCUT2D eigenvalue weighted by molar-refractivity contribution is 9.10. The van der Waals surface area contributed by atoms with Gasteiger partial charge in [-0.15, -0.1) is 0 Å². The predicted octanol–water partition coefficient (Wildman–Crippen LogP) is 4.30. The molecule has 0 saturated heterocycles. The summed E-state index contributed by atoms with van der Waals surface area (Å²) in [7, 11) is 0. The Labute approximate surface area is 165 Å². The van der Waals surface area contributed by atoms with E-state index in [0.717, 1.165) is 0 Å². The summed E-state index contributed by atoms with van der Waals surface area (Å²) in [5.41, 5.74) is 1.16. The molecule has 0 bridgehead atoms. The molecule has 0 saturated carbocycles. The predicted molar refractivity (Wildman–Crippen MR) is 105 cm³/mol. The SMILES string of the molecule is CCOc1ccc(NC(=O)/C(C#N)=C\c2ccc(OCC#N)c(Br)c2)cc1. The Morgan fingerprint density at radius 3 is 2.52 bits per heavy atom. The van der Waals surface area contributed by atoms with Gasteiger partial charge in [-0.25, -0.2) is 0 Å². The Morgan fingerprint density at radius 1 is 1.19 bits per heavy atom. The maximum Gasteiger partial charge on any atom is 0.266 e. The lowest BCUT2D eigenvalue weighted by atomic mass is 10.1. The van der Waals surface area contributed by atoms with E-state index in [0.29, 0.717) is 33.8 Å². The zero-order valence-corrected chi connectivity index (χ0v) is 16.1. The Kier molecular flexibility index (Phi) is 7.42. The van der Waals surface area contributed by atoms with E-state index in [1.807, 2.05) is 19.1 Å². The van der Waals surface area contributed by atoms with Crippen LogP contribution in [0.25, 0.3) is 6.08 Å². The van der Waals surface area contributed by atoms with E-state index in [2.05, 4.69) is 21.2 Å². The summed E-state index contributed by atoms with van der Waals surface area (Å²) in [4.78, 5) is 12.3. The van der Waals surface area contributed by atoms with Crippen molar-refractivity contribution in [2.45, 2.75) is 6.92 Å². The summed E-state index contributed by atoms with van der Waals surface area (Å²) in [5.74, 6) is 0.698. The van der Waals surface area contributed by atoms with E-state index in [1.165, 1.54) is 6.08 Å². The highest BCUT2D eigenvalue weighted by Gasteiger charge is 2.10. The first-order chi connectivity index (χ1) is 13.1. The van der Waals surface area contributed by atoms with Gasteiger partial charge in [0.25, 0.3) is 5.91 Å². The molecule has 0 atom stereocenters. The average molecular weight is 426 g/mol. The molecule has 0 fully saturated rings. The highest BCUT2D eigenvalue weighted by Crippen LogP contribution is 2.27. The van der Waals surface area contributed by atoms with Crippen molar-refractivity contribution in [3.05, 3.63) is 58.1 Å². The number of nitrogens with one attached hydrogen (secondary N) is 1. The second-order valence-electron chi connectivity index (χ2n) is 5.22. The van der Waals surface area contributed by atoms with E-state index >= 15 is 0 Å². The average Bonchev–Trinajstić information content (AvgIpc) is 2.67. The van der Waals surface area contributed by atoms with Gasteiger partial charge < -0.3 is 14.8 Å². The smallest absolute Gasteiger partial charge is 0.266 e. The van der Waals surface area contributed by atoms with Crippen molar-refractivity contribution in [1.29, 1.82) is 10.5 Å². The van der Waals surface area contributed by atoms with Crippen LogP contribution in [0.15, 0.2) is 52.5 Å². The summed E-state index contributed by atoms with van der Waals surface area (Å²) in [6.45, 7) is 2.38. The maximum atomic E-state index is 12.3. The monoisotopic (exact) mass is 425 g/mol. The first kappa shape index (κ1) is 20.0. The summed E-state index contributed by atoms with van der Waals surface area (Å²) < 4.78 is 11.2. The second kappa shape index (κ2) is 10.0. The maximum absolute atomic E-state index is 12.3. The van der Waals surface area contributed by atoms with Gasteiger partial charge in [-0.3, -0.25) is 4.79 Å². The number of benzene rings is 2. The Morgan fingerprint density at radius 2 is 1.93 bits per heavy atom. The number of hydrogen-bond acceptors (Lipinski definition) is 5. The molecule has 0 spiro atoms. The summed E-state index contributed by atoms with van der Waals surface area (Å²) >= 11 is 3.34. The van der Waals surface area contributed by atoms with Gasteiger partial charge in [0.15, 0.2) is 6.61 Å². The van der Waals surface area contributed by atoms with Crippen LogP contribution in [0.3, 0.4) is 0 Å². The molecule has 2 aromatic rings. The number of nitriles is 2. The largest absolute Gasteiger partial charge is 0.494 e. The molecular weight excluding hydrogens is 410 g/mol. The van der Waals surface area contributed by atoms with Crippen LogP contribution < -0.4 is 14.8 Å². The number of ether oxygens (including phenoxy) is 2. The van der Waals surface area contributed by atoms with E-state index in [4.69, 9.17) is 14.7 Å². The van der Waals surface area contributed by atoms with Crippen LogP contribution in [0.1, 0.15) is 12.5 Å². The zero-order valence-electron chi connectivity index (χ0n) is 14.5. The van der Waals surface area contributed by atoms with E-state index in [-0.39, 0.29) is 12.2 Å². The molecule has 0 aliphatic carbocycles. The van der Waals surface area contributed by atoms with E-state index < -0.39 is 5.91 Å². The number of nitrogens with zero attached hydrogens (tertiary/aromatic N) is 2. The fraction of sp³-hybridized carbons (Fsp3) is 0.150. The Hall–Kier alpha value is -3.29. The summed E-state index contributed by atoms with van der Waals surface area (Å²) in [5, 5.41) is 20.6. The molecule has 6 nitrogen and oxygen atoms in total. The van der Waals surface area contributed by atoms with Crippen molar-refractivity contribution in [1.82, 2.24) is 0 Å². The fourth-order valence-electron chi connectivity index (χ4n) is 2.15. The molecule has 2 rings (SSSR count). The van der Waals surface area contributed by atoms with Gasteiger partial charge in [-0.1, -0.05) is 6.07 Å². The van der Waals surface area contributed by atoms with Crippen molar-refractivity contribution >= 4 is 33.6 Å². The third kappa shape index (κ3) is 5.88. The molecule has 0 aliphatic heterocycles. The molecule has 0 heterocycles. The minimum Gasteiger partial charge on any atom is -0.494 e. The number of carbonyl (C=O) groups excluding carboxylic acids is 1. The highest BCUT2D eigenvalue weighted by atomic mass is 79.9. The van der Waals surface area contributed by atoms with Gasteiger partial charge in [0.2, 0.25) is 0 Å². The number of amides is 1. The zero-order chi connectivity index (χ0) is 19.6. The quantitative estimate of drug-likeness (QED) is 0.526. The van der Waals surface area contributed by atoms with Crippen LogP contribution >= 0.6 is 15.9 Å². The second-order valence-corrected chi connectivity index (χ2v) is 6.07. The third-order valence-corrected chi connectivity index (χ3v) is 3.97. The van der Waals surface area contributed by atoms with Gasteiger partial charge >= 0.3 is 0 Å². The number of halogens is 1. The molecule has 1 amide bonds. The third-order valence-electron chi connectivity index (χ3n) is 3.35. The van der Waals surface area contributed by atoms with Crippen molar-refractivity contribution < 1.29 is 14.3 Å². The molecule has 136 valence electrons. The standard InChI is InChI=1S/C20H16BrN3O3/c1-2-26-17-6-4-16(5-7-17)24-20(25)15(13-23)11-14-3-8-19(18(21)12-14)27-10-9-22/h3-8,11-12H,2,10H2,1H3,(H,24,25)/b15-11-. The molecule has 7 heteroatoms. The van der Waals surface area contributed by atoms with Crippen LogP contribution in [-0.4, -0.2) is 19.1 Å². The van der Waals surface area contributed by atoms with Crippen LogP contribution in [0.5, 0.6) is 11.5 Å². The molecule has 0 aromatic heterocycles. The van der Waals surface area contributed by atoms with Crippen LogP contribution in [0.2, 0.25) is 0 Å². The molecule has 27 heavy (non-hydrogen) atoms. The minimum absolute atomic E-state index is 0.0403. The molecule has 0 unspecified atom stereocenters. The van der Waals surface area contributed by atoms with Gasteiger partial charge in [-0.05, 0) is 70.9 Å². The Bertz CT molecular complexity index is 925. The fourth-order valence-corrected chi connectivity index (χ4v) is 2.66. The lowest BCUT2D eigenvalue weighted by Crippen LogP contribution is -2.13. The topological polar surface area (TPSA) is 95.1 Å².